The van der Waals surface area contributed by atoms with Gasteiger partial charge in [-0.3, -0.25) is 5.43 Å². The molecule has 1 saturated heterocycles. The van der Waals surface area contributed by atoms with E-state index in [-0.39, 0.29) is 5.82 Å². The summed E-state index contributed by atoms with van der Waals surface area (Å²) < 4.78 is 14.0. The summed E-state index contributed by atoms with van der Waals surface area (Å²) in [6.45, 7) is 10.7. The van der Waals surface area contributed by atoms with Gasteiger partial charge in [0.25, 0.3) is 0 Å². The summed E-state index contributed by atoms with van der Waals surface area (Å²) in [4.78, 5) is 4.38. The van der Waals surface area contributed by atoms with Gasteiger partial charge in [0.1, 0.15) is 5.82 Å². The molecule has 1 aliphatic heterocycles. The largest absolute Gasteiger partial charge is 0.370 e. The van der Waals surface area contributed by atoms with E-state index in [0.29, 0.717) is 5.69 Å². The van der Waals surface area contributed by atoms with E-state index in [9.17, 15) is 4.39 Å². The van der Waals surface area contributed by atoms with Crippen LogP contribution < -0.4 is 10.3 Å². The zero-order valence-electron chi connectivity index (χ0n) is 13.4. The van der Waals surface area contributed by atoms with Crippen LogP contribution in [0.2, 0.25) is 0 Å². The maximum Gasteiger partial charge on any atom is 0.146 e. The van der Waals surface area contributed by atoms with Gasteiger partial charge >= 0.3 is 0 Å². The molecule has 0 aromatic heterocycles. The van der Waals surface area contributed by atoms with Crippen LogP contribution in [0, 0.1) is 5.82 Å². The Labute approximate surface area is 127 Å². The highest BCUT2D eigenvalue weighted by molar-refractivity contribution is 5.49. The fraction of sp³-hybridized carbons (Fsp3) is 0.625. The Bertz CT molecular complexity index is 440. The van der Waals surface area contributed by atoms with Gasteiger partial charge in [0, 0.05) is 45.8 Å². The minimum atomic E-state index is -0.137. The number of piperazine rings is 1. The van der Waals surface area contributed by atoms with Crippen molar-refractivity contribution in [2.45, 2.75) is 20.4 Å². The lowest BCUT2D eigenvalue weighted by molar-refractivity contribution is 0.102. The summed E-state index contributed by atoms with van der Waals surface area (Å²) in [5, 5.41) is 2.25. The molecule has 1 N–H and O–H groups in total. The van der Waals surface area contributed by atoms with E-state index in [1.807, 2.05) is 12.1 Å². The Balaban J connectivity index is 1.96. The molecular weight excluding hydrogens is 267 g/mol. The van der Waals surface area contributed by atoms with Crippen LogP contribution in [0.25, 0.3) is 0 Å². The van der Waals surface area contributed by atoms with E-state index in [1.54, 1.807) is 6.07 Å². The number of hydrazine groups is 1. The molecule has 0 aliphatic carbocycles. The Morgan fingerprint density at radius 3 is 2.43 bits per heavy atom. The first-order chi connectivity index (χ1) is 10.1. The third-order valence-electron chi connectivity index (χ3n) is 4.12. The highest BCUT2D eigenvalue weighted by Crippen LogP contribution is 2.20. The Morgan fingerprint density at radius 1 is 1.14 bits per heavy atom. The van der Waals surface area contributed by atoms with Gasteiger partial charge in [-0.15, -0.1) is 0 Å². The highest BCUT2D eigenvalue weighted by atomic mass is 19.1. The zero-order valence-corrected chi connectivity index (χ0v) is 13.4. The summed E-state index contributed by atoms with van der Waals surface area (Å²) in [7, 11) is 2.15. The second-order valence-corrected chi connectivity index (χ2v) is 5.58. The number of hydrogen-bond donors (Lipinski definition) is 1. The molecule has 4 nitrogen and oxygen atoms in total. The SMILES string of the molecule is CCN(CC)c1cc(CNN2CCN(C)CC2)ccc1F. The summed E-state index contributed by atoms with van der Waals surface area (Å²) in [6, 6.07) is 5.41. The zero-order chi connectivity index (χ0) is 15.2. The van der Waals surface area contributed by atoms with Gasteiger partial charge in [-0.05, 0) is 38.6 Å². The maximum absolute atomic E-state index is 14.0. The van der Waals surface area contributed by atoms with Crippen LogP contribution in [0.4, 0.5) is 10.1 Å². The highest BCUT2D eigenvalue weighted by Gasteiger charge is 2.14. The van der Waals surface area contributed by atoms with Crippen molar-refractivity contribution in [1.82, 2.24) is 15.3 Å². The van der Waals surface area contributed by atoms with Gasteiger partial charge in [-0.25, -0.2) is 9.40 Å². The molecule has 5 heteroatoms. The first-order valence-electron chi connectivity index (χ1n) is 7.84. The van der Waals surface area contributed by atoms with Gasteiger partial charge in [-0.1, -0.05) is 6.07 Å². The summed E-state index contributed by atoms with van der Waals surface area (Å²) in [5.41, 5.74) is 5.27. The van der Waals surface area contributed by atoms with E-state index in [1.165, 1.54) is 0 Å². The smallest absolute Gasteiger partial charge is 0.146 e. The predicted octanol–water partition coefficient (Wildman–Crippen LogP) is 1.92. The second-order valence-electron chi connectivity index (χ2n) is 5.58. The fourth-order valence-electron chi connectivity index (χ4n) is 2.64. The van der Waals surface area contributed by atoms with Gasteiger partial charge in [0.15, 0.2) is 0 Å². The molecule has 118 valence electrons. The number of rotatable bonds is 6. The van der Waals surface area contributed by atoms with Gasteiger partial charge < -0.3 is 9.80 Å². The normalized spacial score (nSPS) is 17.1. The van der Waals surface area contributed by atoms with Crippen LogP contribution in [0.15, 0.2) is 18.2 Å². The molecule has 1 fully saturated rings. The lowest BCUT2D eigenvalue weighted by Gasteiger charge is -2.32. The molecule has 0 saturated carbocycles. The van der Waals surface area contributed by atoms with Crippen molar-refractivity contribution in [1.29, 1.82) is 0 Å². The average molecular weight is 294 g/mol. The molecule has 21 heavy (non-hydrogen) atoms. The number of halogens is 1. The van der Waals surface area contributed by atoms with Gasteiger partial charge in [0.05, 0.1) is 5.69 Å². The monoisotopic (exact) mass is 294 g/mol. The van der Waals surface area contributed by atoms with Crippen molar-refractivity contribution in [3.63, 3.8) is 0 Å². The van der Waals surface area contributed by atoms with E-state index < -0.39 is 0 Å². The topological polar surface area (TPSA) is 21.8 Å². The lowest BCUT2D eigenvalue weighted by atomic mass is 10.1. The second kappa shape index (κ2) is 7.73. The standard InChI is InChI=1S/C16H27FN4/c1-4-20(5-2)16-12-14(6-7-15(16)17)13-18-21-10-8-19(3)9-11-21/h6-7,12,18H,4-5,8-11,13H2,1-3H3. The van der Waals surface area contributed by atoms with Crippen molar-refractivity contribution in [3.8, 4) is 0 Å². The summed E-state index contributed by atoms with van der Waals surface area (Å²) in [6.07, 6.45) is 0. The van der Waals surface area contributed by atoms with E-state index in [4.69, 9.17) is 0 Å². The third-order valence-corrected chi connectivity index (χ3v) is 4.12. The predicted molar refractivity (Wildman–Crippen MR) is 85.9 cm³/mol. The minimum Gasteiger partial charge on any atom is -0.370 e. The van der Waals surface area contributed by atoms with E-state index >= 15 is 0 Å². The molecule has 0 spiro atoms. The molecule has 0 atom stereocenters. The van der Waals surface area contributed by atoms with Crippen LogP contribution in [-0.4, -0.2) is 56.2 Å². The first-order valence-corrected chi connectivity index (χ1v) is 7.84. The Kier molecular flexibility index (Phi) is 5.96. The van der Waals surface area contributed by atoms with Crippen LogP contribution in [0.3, 0.4) is 0 Å². The van der Waals surface area contributed by atoms with Crippen molar-refractivity contribution >= 4 is 5.69 Å². The third kappa shape index (κ3) is 4.40. The molecule has 1 aliphatic rings. The number of hydrogen-bond acceptors (Lipinski definition) is 4. The number of likely N-dealkylation sites (N-methyl/N-ethyl adjacent to an activating group) is 1. The van der Waals surface area contributed by atoms with Crippen LogP contribution in [-0.2, 0) is 6.54 Å². The quantitative estimate of drug-likeness (QED) is 0.865. The van der Waals surface area contributed by atoms with E-state index in [0.717, 1.165) is 51.4 Å². The molecule has 0 radical (unpaired) electrons. The minimum absolute atomic E-state index is 0.137. The molecule has 0 bridgehead atoms. The molecule has 1 heterocycles. The number of nitrogens with one attached hydrogen (secondary N) is 1. The molecule has 0 amide bonds. The van der Waals surface area contributed by atoms with Crippen molar-refractivity contribution in [3.05, 3.63) is 29.6 Å². The van der Waals surface area contributed by atoms with Gasteiger partial charge in [0.2, 0.25) is 0 Å². The van der Waals surface area contributed by atoms with Crippen LogP contribution >= 0.6 is 0 Å². The van der Waals surface area contributed by atoms with Crippen molar-refractivity contribution < 1.29 is 4.39 Å². The Hall–Kier alpha value is -1.17. The van der Waals surface area contributed by atoms with E-state index in [2.05, 4.69) is 41.1 Å². The average Bonchev–Trinajstić information content (AvgIpc) is 2.50. The van der Waals surface area contributed by atoms with Crippen molar-refractivity contribution in [2.75, 3.05) is 51.2 Å². The molecule has 1 aromatic carbocycles. The maximum atomic E-state index is 14.0. The number of benzene rings is 1. The van der Waals surface area contributed by atoms with Crippen LogP contribution in [0.1, 0.15) is 19.4 Å². The summed E-state index contributed by atoms with van der Waals surface area (Å²) >= 11 is 0. The first kappa shape index (κ1) is 16.2. The Morgan fingerprint density at radius 2 is 1.81 bits per heavy atom. The number of anilines is 1. The summed E-state index contributed by atoms with van der Waals surface area (Å²) in [5.74, 6) is -0.137. The molecule has 0 unspecified atom stereocenters. The fourth-order valence-corrected chi connectivity index (χ4v) is 2.64. The number of nitrogens with zero attached hydrogens (tertiary/aromatic N) is 3. The van der Waals surface area contributed by atoms with Crippen LogP contribution in [0.5, 0.6) is 0 Å². The molecule has 1 aromatic rings. The van der Waals surface area contributed by atoms with Gasteiger partial charge in [-0.2, -0.15) is 0 Å². The molecule has 2 rings (SSSR count). The molecular formula is C16H27FN4. The lowest BCUT2D eigenvalue weighted by Crippen LogP contribution is -2.50. The van der Waals surface area contributed by atoms with Crippen molar-refractivity contribution in [2.24, 2.45) is 0 Å².